The Hall–Kier alpha value is -2.16. The van der Waals surface area contributed by atoms with Crippen LogP contribution in [-0.4, -0.2) is 45.5 Å². The molecule has 0 aliphatic heterocycles. The van der Waals surface area contributed by atoms with Crippen LogP contribution in [0.3, 0.4) is 0 Å². The van der Waals surface area contributed by atoms with E-state index in [2.05, 4.69) is 26.0 Å². The maximum atomic E-state index is 13.4. The van der Waals surface area contributed by atoms with Crippen molar-refractivity contribution in [3.05, 3.63) is 83.9 Å². The van der Waals surface area contributed by atoms with Gasteiger partial charge >= 0.3 is 5.97 Å². The number of rotatable bonds is 12. The molecule has 0 saturated carbocycles. The first-order valence-corrected chi connectivity index (χ1v) is 14.9. The van der Waals surface area contributed by atoms with Gasteiger partial charge in [0.25, 0.3) is 0 Å². The number of aliphatic hydroxyl groups is 1. The first kappa shape index (κ1) is 31.4. The number of aliphatic hydroxyl groups excluding tert-OH is 1. The number of carbonyl (C=O) groups excluding carboxylic acids is 1. The van der Waals surface area contributed by atoms with Crippen molar-refractivity contribution in [1.82, 2.24) is 0 Å². The van der Waals surface area contributed by atoms with Crippen molar-refractivity contribution < 1.29 is 19.4 Å². The number of hydrogen-bond donors (Lipinski definition) is 3. The molecule has 2 aromatic carbocycles. The molecule has 39 heavy (non-hydrogen) atoms. The number of nitrogens with two attached hydrogens (primary N) is 2. The lowest BCUT2D eigenvalue weighted by Crippen LogP contribution is -2.62. The van der Waals surface area contributed by atoms with Gasteiger partial charge in [0.2, 0.25) is 0 Å². The third kappa shape index (κ3) is 9.47. The highest BCUT2D eigenvalue weighted by Crippen LogP contribution is 2.34. The fourth-order valence-electron chi connectivity index (χ4n) is 4.95. The second-order valence-corrected chi connectivity index (χ2v) is 13.6. The van der Waals surface area contributed by atoms with Crippen LogP contribution < -0.4 is 11.5 Å². The molecule has 214 valence electrons. The largest absolute Gasteiger partial charge is 0.460 e. The Morgan fingerprint density at radius 3 is 2.26 bits per heavy atom. The molecule has 0 bridgehead atoms. The summed E-state index contributed by atoms with van der Waals surface area (Å²) in [5.74, 6) is -0.976. The van der Waals surface area contributed by atoms with E-state index in [-0.39, 0.29) is 23.7 Å². The molecule has 6 nitrogen and oxygen atoms in total. The molecule has 0 saturated heterocycles. The number of allylic oxidation sites excluding steroid dienone is 1. The summed E-state index contributed by atoms with van der Waals surface area (Å²) in [4.78, 5) is 13.4. The molecule has 0 radical (unpaired) electrons. The minimum Gasteiger partial charge on any atom is -0.460 e. The van der Waals surface area contributed by atoms with Gasteiger partial charge in [-0.15, -0.1) is 0 Å². The van der Waals surface area contributed by atoms with E-state index < -0.39 is 29.4 Å². The summed E-state index contributed by atoms with van der Waals surface area (Å²) in [6.07, 6.45) is 4.26. The van der Waals surface area contributed by atoms with Gasteiger partial charge in [0.15, 0.2) is 0 Å². The predicted molar refractivity (Wildman–Crippen MR) is 160 cm³/mol. The van der Waals surface area contributed by atoms with Crippen molar-refractivity contribution in [1.29, 1.82) is 0 Å². The standard InChI is InChI=1S/C32H46N2O4S/c1-22(2)39-28-19-13-12-18-27(28)37-29(32(33,34)25-16-10-7-11-17-25)26(35)21-24(30(36)38-31(3,4)5)20-23-14-8-6-9-15-23/h6-12,14-18,22,24,26-29,35H,13,19-21,33-34H2,1-5H3/t24-,26-,27+,28-,29+/m0/s1. The summed E-state index contributed by atoms with van der Waals surface area (Å²) < 4.78 is 12.4. The Kier molecular flexibility index (Phi) is 11.2. The van der Waals surface area contributed by atoms with E-state index in [1.165, 1.54) is 0 Å². The lowest BCUT2D eigenvalue weighted by Gasteiger charge is -2.41. The summed E-state index contributed by atoms with van der Waals surface area (Å²) in [6, 6.07) is 19.1. The van der Waals surface area contributed by atoms with E-state index in [1.807, 2.05) is 93.2 Å². The van der Waals surface area contributed by atoms with Crippen LogP contribution in [0.1, 0.15) is 65.0 Å². The zero-order valence-corrected chi connectivity index (χ0v) is 24.8. The van der Waals surface area contributed by atoms with E-state index in [9.17, 15) is 9.90 Å². The Bertz CT molecular complexity index is 1050. The molecule has 5 atom stereocenters. The molecule has 0 spiro atoms. The lowest BCUT2D eigenvalue weighted by atomic mass is 9.85. The average molecular weight is 555 g/mol. The molecule has 5 N–H and O–H groups in total. The highest BCUT2D eigenvalue weighted by Gasteiger charge is 2.43. The molecule has 3 rings (SSSR count). The first-order chi connectivity index (χ1) is 18.4. The molecule has 0 amide bonds. The summed E-state index contributed by atoms with van der Waals surface area (Å²) in [7, 11) is 0. The number of esters is 1. The van der Waals surface area contributed by atoms with Crippen LogP contribution in [0.25, 0.3) is 0 Å². The van der Waals surface area contributed by atoms with E-state index in [4.69, 9.17) is 20.9 Å². The molecular formula is C32H46N2O4S. The van der Waals surface area contributed by atoms with Crippen LogP contribution in [0.5, 0.6) is 0 Å². The fourth-order valence-corrected chi connectivity index (χ4v) is 6.23. The van der Waals surface area contributed by atoms with Crippen LogP contribution in [0, 0.1) is 5.92 Å². The van der Waals surface area contributed by atoms with Crippen molar-refractivity contribution in [2.45, 2.75) is 100 Å². The van der Waals surface area contributed by atoms with Gasteiger partial charge in [0.1, 0.15) is 17.4 Å². The topological polar surface area (TPSA) is 108 Å². The molecule has 0 fully saturated rings. The van der Waals surface area contributed by atoms with E-state index in [1.54, 1.807) is 0 Å². The number of hydrogen-bond acceptors (Lipinski definition) is 7. The van der Waals surface area contributed by atoms with Gasteiger partial charge in [-0.05, 0) is 62.8 Å². The van der Waals surface area contributed by atoms with E-state index in [0.29, 0.717) is 17.2 Å². The van der Waals surface area contributed by atoms with Gasteiger partial charge in [-0.2, -0.15) is 11.8 Å². The van der Waals surface area contributed by atoms with E-state index in [0.717, 1.165) is 18.4 Å². The maximum absolute atomic E-state index is 13.4. The molecule has 1 aliphatic carbocycles. The van der Waals surface area contributed by atoms with Crippen molar-refractivity contribution in [3.8, 4) is 0 Å². The Labute approximate surface area is 238 Å². The van der Waals surface area contributed by atoms with Crippen LogP contribution >= 0.6 is 11.8 Å². The molecule has 0 heterocycles. The summed E-state index contributed by atoms with van der Waals surface area (Å²) in [5, 5.41) is 12.4. The van der Waals surface area contributed by atoms with Gasteiger partial charge in [-0.3, -0.25) is 4.79 Å². The highest BCUT2D eigenvalue weighted by molar-refractivity contribution is 8.00. The van der Waals surface area contributed by atoms with Crippen molar-refractivity contribution in [2.24, 2.45) is 17.4 Å². The monoisotopic (exact) mass is 554 g/mol. The van der Waals surface area contributed by atoms with Gasteiger partial charge in [-0.1, -0.05) is 86.7 Å². The molecule has 2 aromatic rings. The zero-order chi connectivity index (χ0) is 28.6. The summed E-state index contributed by atoms with van der Waals surface area (Å²) >= 11 is 1.86. The van der Waals surface area contributed by atoms with Crippen molar-refractivity contribution in [2.75, 3.05) is 0 Å². The third-order valence-electron chi connectivity index (χ3n) is 6.75. The molecular weight excluding hydrogens is 508 g/mol. The SMILES string of the molecule is CC(C)S[C@H]1CCC=C[C@H]1O[C@H]([C@@H](O)C[C@H](Cc1ccccc1)C(=O)OC(C)(C)C)C(N)(N)c1ccccc1. The Morgan fingerprint density at radius 2 is 1.67 bits per heavy atom. The minimum absolute atomic E-state index is 0.0931. The van der Waals surface area contributed by atoms with Gasteiger partial charge in [0.05, 0.1) is 18.1 Å². The van der Waals surface area contributed by atoms with Crippen LogP contribution in [0.4, 0.5) is 0 Å². The van der Waals surface area contributed by atoms with Crippen molar-refractivity contribution in [3.63, 3.8) is 0 Å². The number of ether oxygens (including phenoxy) is 2. The number of benzene rings is 2. The predicted octanol–water partition coefficient (Wildman–Crippen LogP) is 5.32. The average Bonchev–Trinajstić information content (AvgIpc) is 2.87. The molecule has 0 unspecified atom stereocenters. The van der Waals surface area contributed by atoms with E-state index >= 15 is 0 Å². The maximum Gasteiger partial charge on any atom is 0.309 e. The minimum atomic E-state index is -1.50. The normalized spacial score (nSPS) is 20.4. The second kappa shape index (κ2) is 14.0. The summed E-state index contributed by atoms with van der Waals surface area (Å²) in [5.41, 5.74) is 13.1. The van der Waals surface area contributed by atoms with Crippen LogP contribution in [-0.2, 0) is 26.4 Å². The molecule has 7 heteroatoms. The second-order valence-electron chi connectivity index (χ2n) is 11.8. The number of thioether (sulfide) groups is 1. The van der Waals surface area contributed by atoms with Crippen LogP contribution in [0.2, 0.25) is 0 Å². The quantitative estimate of drug-likeness (QED) is 0.185. The van der Waals surface area contributed by atoms with Crippen molar-refractivity contribution >= 4 is 17.7 Å². The summed E-state index contributed by atoms with van der Waals surface area (Å²) in [6.45, 7) is 9.86. The van der Waals surface area contributed by atoms with Crippen LogP contribution in [0.15, 0.2) is 72.8 Å². The highest BCUT2D eigenvalue weighted by atomic mass is 32.2. The van der Waals surface area contributed by atoms with Gasteiger partial charge in [-0.25, -0.2) is 0 Å². The lowest BCUT2D eigenvalue weighted by molar-refractivity contribution is -0.163. The smallest absolute Gasteiger partial charge is 0.309 e. The van der Waals surface area contributed by atoms with Gasteiger partial charge in [0, 0.05) is 5.25 Å². The number of carbonyl (C=O) groups is 1. The Morgan fingerprint density at radius 1 is 1.05 bits per heavy atom. The fraction of sp³-hybridized carbons (Fsp3) is 0.531. The Balaban J connectivity index is 1.93. The zero-order valence-electron chi connectivity index (χ0n) is 24.0. The molecule has 0 aromatic heterocycles. The van der Waals surface area contributed by atoms with Gasteiger partial charge < -0.3 is 26.0 Å². The first-order valence-electron chi connectivity index (χ1n) is 13.9. The third-order valence-corrected chi connectivity index (χ3v) is 8.14. The molecule has 1 aliphatic rings.